The van der Waals surface area contributed by atoms with Crippen LogP contribution < -0.4 is 9.80 Å². The van der Waals surface area contributed by atoms with Gasteiger partial charge in [-0.3, -0.25) is 0 Å². The second-order valence-electron chi connectivity index (χ2n) is 11.0. The first-order valence-corrected chi connectivity index (χ1v) is 15.4. The minimum atomic E-state index is -1.65. The van der Waals surface area contributed by atoms with Gasteiger partial charge in [0.05, 0.1) is 7.14 Å². The fraction of sp³-hybridized carbons (Fsp3) is 0.250. The lowest BCUT2D eigenvalue weighted by atomic mass is 9.49. The van der Waals surface area contributed by atoms with Crippen LogP contribution >= 0.6 is 45.2 Å². The molecule has 44 heavy (non-hydrogen) atoms. The zero-order valence-electron chi connectivity index (χ0n) is 23.6. The van der Waals surface area contributed by atoms with Gasteiger partial charge in [0, 0.05) is 62.5 Å². The van der Waals surface area contributed by atoms with Gasteiger partial charge in [0.15, 0.2) is 46.5 Å². The smallest absolute Gasteiger partial charge is 0.175 e. The highest BCUT2D eigenvalue weighted by molar-refractivity contribution is 14.1. The summed E-state index contributed by atoms with van der Waals surface area (Å²) in [5, 5.41) is 0. The van der Waals surface area contributed by atoms with E-state index in [0.717, 1.165) is 45.2 Å². The quantitative estimate of drug-likeness (QED) is 0.0827. The minimum absolute atomic E-state index is 0.295. The number of nitrogens with zero attached hydrogens (tertiary/aromatic N) is 2. The Morgan fingerprint density at radius 1 is 0.409 bits per heavy atom. The molecule has 0 unspecified atom stereocenters. The average molecular weight is 842 g/mol. The van der Waals surface area contributed by atoms with Crippen LogP contribution in [0.4, 0.5) is 46.5 Å². The molecule has 0 N–H and O–H groups in total. The van der Waals surface area contributed by atoms with E-state index in [4.69, 9.17) is 0 Å². The fourth-order valence-electron chi connectivity index (χ4n) is 6.11. The van der Waals surface area contributed by atoms with E-state index in [0.29, 0.717) is 22.5 Å². The van der Waals surface area contributed by atoms with Crippen molar-refractivity contribution in [2.24, 2.45) is 0 Å². The van der Waals surface area contributed by atoms with Crippen molar-refractivity contribution >= 4 is 56.6 Å². The van der Waals surface area contributed by atoms with E-state index in [2.05, 4.69) is 0 Å². The molecule has 1 aliphatic carbocycles. The van der Waals surface area contributed by atoms with Crippen LogP contribution in [-0.2, 0) is 0 Å². The fourth-order valence-corrected chi connectivity index (χ4v) is 7.06. The van der Waals surface area contributed by atoms with Crippen LogP contribution in [0.15, 0.2) is 48.5 Å². The topological polar surface area (TPSA) is 6.48 Å². The molecule has 0 spiro atoms. The maximum atomic E-state index is 15.7. The number of halogens is 10. The van der Waals surface area contributed by atoms with Crippen molar-refractivity contribution in [1.82, 2.24) is 0 Å². The van der Waals surface area contributed by atoms with Crippen LogP contribution in [0.1, 0.15) is 45.9 Å². The Morgan fingerprint density at radius 3 is 0.886 bits per heavy atom. The van der Waals surface area contributed by atoms with Crippen molar-refractivity contribution in [3.63, 3.8) is 0 Å². The third-order valence-corrected chi connectivity index (χ3v) is 10.2. The third-order valence-electron chi connectivity index (χ3n) is 8.29. The van der Waals surface area contributed by atoms with Crippen molar-refractivity contribution in [2.45, 2.75) is 23.7 Å². The Bertz CT molecular complexity index is 1550. The number of hydrogen-bond acceptors (Lipinski definition) is 2. The summed E-state index contributed by atoms with van der Waals surface area (Å²) in [4.78, 5) is 3.53. The first-order chi connectivity index (χ1) is 20.7. The highest BCUT2D eigenvalue weighted by Crippen LogP contribution is 2.68. The standard InChI is InChI=1S/C32H24F8I2N2/c1-43(2)15-9-5-13(6-10-15)17-19(21-23(33)27(37)31(41)28(38)24(21)34)18(14-7-11-16(12-8-14)44(3)4)20(17)22-25(35)29(39)32(42)30(40)26(22)36/h5-12,17-20H,1-4H3. The van der Waals surface area contributed by atoms with E-state index < -0.39 is 88.5 Å². The first-order valence-electron chi connectivity index (χ1n) is 13.3. The van der Waals surface area contributed by atoms with Gasteiger partial charge in [-0.05, 0) is 92.4 Å². The second-order valence-corrected chi connectivity index (χ2v) is 13.2. The summed E-state index contributed by atoms with van der Waals surface area (Å²) in [6.45, 7) is 0. The van der Waals surface area contributed by atoms with E-state index in [1.54, 1.807) is 86.5 Å². The minimum Gasteiger partial charge on any atom is -0.378 e. The molecule has 232 valence electrons. The lowest BCUT2D eigenvalue weighted by molar-refractivity contribution is 0.202. The molecule has 1 aliphatic rings. The van der Waals surface area contributed by atoms with Gasteiger partial charge in [-0.1, -0.05) is 24.3 Å². The molecule has 1 fully saturated rings. The van der Waals surface area contributed by atoms with Gasteiger partial charge in [-0.25, -0.2) is 35.1 Å². The number of benzene rings is 4. The Balaban J connectivity index is 1.85. The summed E-state index contributed by atoms with van der Waals surface area (Å²) in [5.41, 5.74) is 0.111. The molecule has 0 aromatic heterocycles. The summed E-state index contributed by atoms with van der Waals surface area (Å²) in [5.74, 6) is -18.4. The summed E-state index contributed by atoms with van der Waals surface area (Å²) in [6, 6.07) is 12.8. The van der Waals surface area contributed by atoms with Gasteiger partial charge in [0.25, 0.3) is 0 Å². The van der Waals surface area contributed by atoms with Gasteiger partial charge in [-0.15, -0.1) is 0 Å². The van der Waals surface area contributed by atoms with Gasteiger partial charge in [0.2, 0.25) is 0 Å². The molecular formula is C32H24F8I2N2. The summed E-state index contributed by atoms with van der Waals surface area (Å²) >= 11 is 2.31. The van der Waals surface area contributed by atoms with Crippen LogP contribution in [0.2, 0.25) is 0 Å². The number of anilines is 2. The average Bonchev–Trinajstić information content (AvgIpc) is 3.00. The van der Waals surface area contributed by atoms with E-state index in [9.17, 15) is 17.6 Å². The second kappa shape index (κ2) is 12.3. The van der Waals surface area contributed by atoms with E-state index in [1.165, 1.54) is 0 Å². The first kappa shape index (κ1) is 32.8. The zero-order chi connectivity index (χ0) is 32.4. The summed E-state index contributed by atoms with van der Waals surface area (Å²) in [6.07, 6.45) is 0. The number of rotatable bonds is 6. The van der Waals surface area contributed by atoms with Gasteiger partial charge >= 0.3 is 0 Å². The highest BCUT2D eigenvalue weighted by atomic mass is 127. The van der Waals surface area contributed by atoms with E-state index in [1.807, 2.05) is 0 Å². The highest BCUT2D eigenvalue weighted by Gasteiger charge is 2.57. The predicted molar refractivity (Wildman–Crippen MR) is 170 cm³/mol. The van der Waals surface area contributed by atoms with Crippen LogP contribution in [0.5, 0.6) is 0 Å². The van der Waals surface area contributed by atoms with Crippen LogP contribution in [-0.4, -0.2) is 28.2 Å². The van der Waals surface area contributed by atoms with Crippen LogP contribution in [0, 0.1) is 53.7 Å². The molecule has 0 aliphatic heterocycles. The molecule has 0 saturated heterocycles. The molecule has 4 aromatic carbocycles. The molecule has 1 saturated carbocycles. The maximum absolute atomic E-state index is 15.7. The Hall–Kier alpha value is -2.62. The molecule has 2 nitrogen and oxygen atoms in total. The molecule has 0 amide bonds. The predicted octanol–water partition coefficient (Wildman–Crippen LogP) is 9.59. The van der Waals surface area contributed by atoms with Crippen molar-refractivity contribution in [1.29, 1.82) is 0 Å². The molecule has 0 radical (unpaired) electrons. The largest absolute Gasteiger partial charge is 0.378 e. The molecule has 0 atom stereocenters. The van der Waals surface area contributed by atoms with E-state index >= 15 is 17.6 Å². The van der Waals surface area contributed by atoms with Crippen molar-refractivity contribution < 1.29 is 35.1 Å². The summed E-state index contributed by atoms with van der Waals surface area (Å²) in [7, 11) is 7.06. The lowest BCUT2D eigenvalue weighted by Gasteiger charge is -2.53. The lowest BCUT2D eigenvalue weighted by Crippen LogP contribution is -2.42. The normalized spacial score (nSPS) is 19.6. The maximum Gasteiger partial charge on any atom is 0.175 e. The van der Waals surface area contributed by atoms with Gasteiger partial charge < -0.3 is 9.80 Å². The number of hydrogen-bond donors (Lipinski definition) is 0. The summed E-state index contributed by atoms with van der Waals surface area (Å²) < 4.78 is 121. The molecule has 0 bridgehead atoms. The molecular weight excluding hydrogens is 818 g/mol. The Labute approximate surface area is 276 Å². The van der Waals surface area contributed by atoms with Crippen molar-refractivity contribution in [2.75, 3.05) is 38.0 Å². The van der Waals surface area contributed by atoms with E-state index in [-0.39, 0.29) is 0 Å². The van der Waals surface area contributed by atoms with Gasteiger partial charge in [-0.2, -0.15) is 0 Å². The monoisotopic (exact) mass is 842 g/mol. The third kappa shape index (κ3) is 5.22. The molecule has 0 heterocycles. The van der Waals surface area contributed by atoms with Crippen molar-refractivity contribution in [3.8, 4) is 0 Å². The van der Waals surface area contributed by atoms with Gasteiger partial charge in [0.1, 0.15) is 0 Å². The molecule has 12 heteroatoms. The Kier molecular flexibility index (Phi) is 9.15. The van der Waals surface area contributed by atoms with Crippen LogP contribution in [0.3, 0.4) is 0 Å². The molecule has 5 rings (SSSR count). The van der Waals surface area contributed by atoms with Crippen LogP contribution in [0.25, 0.3) is 0 Å². The zero-order valence-corrected chi connectivity index (χ0v) is 27.9. The Morgan fingerprint density at radius 2 is 0.659 bits per heavy atom. The van der Waals surface area contributed by atoms with Crippen molar-refractivity contribution in [3.05, 3.63) is 124 Å². The molecule has 4 aromatic rings. The SMILES string of the molecule is CN(C)c1ccc(C2C(c3c(F)c(F)c(I)c(F)c3F)C(c3ccc(N(C)C)cc3)C2c2c(F)c(F)c(I)c(F)c2F)cc1.